The van der Waals surface area contributed by atoms with Gasteiger partial charge in [-0.2, -0.15) is 0 Å². The Labute approximate surface area is 359 Å². The summed E-state index contributed by atoms with van der Waals surface area (Å²) >= 11 is 0. The quantitative estimate of drug-likeness (QED) is 0.161. The van der Waals surface area contributed by atoms with Gasteiger partial charge in [0.1, 0.15) is 0 Å². The van der Waals surface area contributed by atoms with Crippen LogP contribution in [0.15, 0.2) is 206 Å². The van der Waals surface area contributed by atoms with Crippen molar-refractivity contribution in [2.24, 2.45) is 0 Å². The molecule has 0 radical (unpaired) electrons. The molecule has 292 valence electrons. The Morgan fingerprint density at radius 3 is 1.35 bits per heavy atom. The molecule has 0 amide bonds. The van der Waals surface area contributed by atoms with Crippen molar-refractivity contribution in [1.29, 1.82) is 0 Å². The lowest BCUT2D eigenvalue weighted by molar-refractivity contribution is 0.889. The van der Waals surface area contributed by atoms with Crippen LogP contribution in [0.3, 0.4) is 0 Å². The zero-order chi connectivity index (χ0) is 41.0. The molecule has 0 spiro atoms. The Hall–Kier alpha value is -8.15. The van der Waals surface area contributed by atoms with E-state index in [-0.39, 0.29) is 0 Å². The minimum Gasteiger partial charge on any atom is -0.313 e. The summed E-state index contributed by atoms with van der Waals surface area (Å²) in [4.78, 5) is 15.3. The van der Waals surface area contributed by atoms with Crippen LogP contribution in [0.5, 0.6) is 0 Å². The Bertz CT molecular complexity index is 3370. The van der Waals surface area contributed by atoms with Crippen LogP contribution in [0.4, 0.5) is 0 Å². The first-order valence-electron chi connectivity index (χ1n) is 21.2. The molecule has 12 rings (SSSR count). The van der Waals surface area contributed by atoms with Gasteiger partial charge in [0.05, 0.1) is 16.6 Å². The monoisotopic (exact) mass is 793 g/mol. The van der Waals surface area contributed by atoms with E-state index < -0.39 is 0 Å². The van der Waals surface area contributed by atoms with E-state index in [9.17, 15) is 0 Å². The van der Waals surface area contributed by atoms with Crippen molar-refractivity contribution in [1.82, 2.24) is 24.1 Å². The number of aromatic nitrogens is 5. The van der Waals surface area contributed by atoms with E-state index in [4.69, 9.17) is 15.0 Å². The van der Waals surface area contributed by atoms with E-state index in [0.717, 1.165) is 57.4 Å². The summed E-state index contributed by atoms with van der Waals surface area (Å²) in [6, 6.07) is 70.9. The Balaban J connectivity index is 0.947. The van der Waals surface area contributed by atoms with Crippen LogP contribution in [0, 0.1) is 0 Å². The van der Waals surface area contributed by atoms with Crippen molar-refractivity contribution < 1.29 is 0 Å². The highest BCUT2D eigenvalue weighted by Gasteiger charge is 2.20. The second-order valence-corrected chi connectivity index (χ2v) is 15.9. The molecule has 0 aliphatic heterocycles. The van der Waals surface area contributed by atoms with E-state index in [1.165, 1.54) is 49.7 Å². The fourth-order valence-corrected chi connectivity index (χ4v) is 9.25. The Morgan fingerprint density at radius 2 is 0.774 bits per heavy atom. The summed E-state index contributed by atoms with van der Waals surface area (Å²) in [5.74, 6) is 1.89. The lowest BCUT2D eigenvalue weighted by Crippen LogP contribution is -2.03. The van der Waals surface area contributed by atoms with Crippen molar-refractivity contribution in [2.75, 3.05) is 0 Å². The van der Waals surface area contributed by atoms with Crippen molar-refractivity contribution in [3.63, 3.8) is 0 Å². The average Bonchev–Trinajstić information content (AvgIpc) is 3.87. The Kier molecular flexibility index (Phi) is 8.56. The normalized spacial score (nSPS) is 12.3. The first-order valence-corrected chi connectivity index (χ1v) is 21.2. The van der Waals surface area contributed by atoms with Gasteiger partial charge in [-0.05, 0) is 89.7 Å². The number of para-hydroxylation sites is 2. The number of hydrogen-bond donors (Lipinski definition) is 0. The van der Waals surface area contributed by atoms with Crippen molar-refractivity contribution in [3.05, 3.63) is 218 Å². The molecule has 0 unspecified atom stereocenters. The molecule has 1 aliphatic rings. The smallest absolute Gasteiger partial charge is 0.164 e. The van der Waals surface area contributed by atoms with Gasteiger partial charge < -0.3 is 9.13 Å². The molecule has 0 N–H and O–H groups in total. The summed E-state index contributed by atoms with van der Waals surface area (Å²) in [6.45, 7) is 0. The number of allylic oxidation sites excluding steroid dienone is 1. The van der Waals surface area contributed by atoms with E-state index >= 15 is 0 Å². The minimum atomic E-state index is 0.625. The van der Waals surface area contributed by atoms with Crippen LogP contribution >= 0.6 is 0 Å². The van der Waals surface area contributed by atoms with Gasteiger partial charge in [-0.3, -0.25) is 0 Å². The zero-order valence-corrected chi connectivity index (χ0v) is 33.9. The number of fused-ring (bicyclic) bond motifs is 6. The third-order valence-electron chi connectivity index (χ3n) is 12.3. The van der Waals surface area contributed by atoms with Gasteiger partial charge in [0.15, 0.2) is 17.5 Å². The molecule has 62 heavy (non-hydrogen) atoms. The lowest BCUT2D eigenvalue weighted by Gasteiger charge is -2.14. The molecule has 0 saturated heterocycles. The maximum absolute atomic E-state index is 5.11. The fourth-order valence-electron chi connectivity index (χ4n) is 9.25. The first-order chi connectivity index (χ1) is 30.7. The van der Waals surface area contributed by atoms with Gasteiger partial charge in [-0.15, -0.1) is 0 Å². The van der Waals surface area contributed by atoms with E-state index in [0.29, 0.717) is 17.5 Å². The Morgan fingerprint density at radius 1 is 0.339 bits per heavy atom. The van der Waals surface area contributed by atoms with Crippen LogP contribution in [0.1, 0.15) is 17.7 Å². The van der Waals surface area contributed by atoms with Gasteiger partial charge >= 0.3 is 0 Å². The molecule has 8 aromatic carbocycles. The third kappa shape index (κ3) is 6.13. The largest absolute Gasteiger partial charge is 0.313 e. The first kappa shape index (κ1) is 35.8. The average molecular weight is 794 g/mol. The summed E-state index contributed by atoms with van der Waals surface area (Å²) in [5.41, 5.74) is 16.0. The van der Waals surface area contributed by atoms with E-state index in [2.05, 4.69) is 209 Å². The summed E-state index contributed by atoms with van der Waals surface area (Å²) in [5, 5.41) is 3.76. The number of rotatable bonds is 7. The van der Waals surface area contributed by atoms with Crippen molar-refractivity contribution in [3.8, 4) is 67.8 Å². The number of nitrogens with zero attached hydrogens (tertiary/aromatic N) is 5. The van der Waals surface area contributed by atoms with E-state index in [1.807, 2.05) is 12.1 Å². The highest BCUT2D eigenvalue weighted by molar-refractivity contribution is 6.10. The van der Waals surface area contributed by atoms with Crippen LogP contribution in [-0.4, -0.2) is 24.1 Å². The van der Waals surface area contributed by atoms with Crippen molar-refractivity contribution in [2.45, 2.75) is 12.8 Å². The maximum Gasteiger partial charge on any atom is 0.164 e. The third-order valence-corrected chi connectivity index (χ3v) is 12.3. The molecular formula is C57H39N5. The van der Waals surface area contributed by atoms with Crippen LogP contribution in [0.25, 0.3) is 107 Å². The predicted octanol–water partition coefficient (Wildman–Crippen LogP) is 14.2. The molecule has 1 aliphatic carbocycles. The number of benzene rings is 8. The van der Waals surface area contributed by atoms with Gasteiger partial charge in [0.2, 0.25) is 0 Å². The molecule has 0 bridgehead atoms. The van der Waals surface area contributed by atoms with Gasteiger partial charge in [0.25, 0.3) is 0 Å². The lowest BCUT2D eigenvalue weighted by atomic mass is 10.0. The molecule has 3 heterocycles. The number of hydrogen-bond acceptors (Lipinski definition) is 3. The molecule has 0 fully saturated rings. The summed E-state index contributed by atoms with van der Waals surface area (Å²) in [6.07, 6.45) is 6.68. The SMILES string of the molecule is C1=Cc2c(n(-c3ccc4c(c3)c3ccccc3n4-c3ccc(-c4nc(-c5ccc(-c6ccccc6)cc5)nc(-c5ccc(-c6ccccc6)cc5)n4)cc3)c3ccccc23)CC1. The maximum atomic E-state index is 5.11. The molecule has 3 aromatic heterocycles. The van der Waals surface area contributed by atoms with Gasteiger partial charge in [-0.25, -0.2) is 15.0 Å². The van der Waals surface area contributed by atoms with E-state index in [1.54, 1.807) is 0 Å². The van der Waals surface area contributed by atoms with Crippen LogP contribution in [-0.2, 0) is 6.42 Å². The zero-order valence-electron chi connectivity index (χ0n) is 33.9. The highest BCUT2D eigenvalue weighted by Crippen LogP contribution is 2.38. The second kappa shape index (κ2) is 14.8. The predicted molar refractivity (Wildman–Crippen MR) is 256 cm³/mol. The standard InChI is InChI=1S/C57H39N5/c1-3-13-38(14-4-1)40-23-27-42(28-24-40)55-58-56(43-29-25-41(26-30-43)39-15-5-2-6-16-39)60-57(59-55)44-31-33-45(34-32-44)61-53-22-12-9-19-49(53)50-37-46(35-36-54(50)61)62-51-20-10-7-17-47(51)48-18-8-11-21-52(48)62/h1-10,12-20,22-37H,11,21H2. The van der Waals surface area contributed by atoms with Gasteiger partial charge in [-0.1, -0.05) is 158 Å². The highest BCUT2D eigenvalue weighted by atomic mass is 15.0. The summed E-state index contributed by atoms with van der Waals surface area (Å²) in [7, 11) is 0. The summed E-state index contributed by atoms with van der Waals surface area (Å²) < 4.78 is 4.85. The molecular weight excluding hydrogens is 755 g/mol. The topological polar surface area (TPSA) is 48.5 Å². The molecule has 11 aromatic rings. The molecule has 0 atom stereocenters. The van der Waals surface area contributed by atoms with Crippen molar-refractivity contribution >= 4 is 38.8 Å². The van der Waals surface area contributed by atoms with Crippen LogP contribution < -0.4 is 0 Å². The minimum absolute atomic E-state index is 0.625. The molecule has 5 nitrogen and oxygen atoms in total. The molecule has 5 heteroatoms. The van der Waals surface area contributed by atoms with Gasteiger partial charge in [0, 0.05) is 55.5 Å². The molecule has 0 saturated carbocycles. The second-order valence-electron chi connectivity index (χ2n) is 15.9. The van der Waals surface area contributed by atoms with Crippen LogP contribution in [0.2, 0.25) is 0 Å². The fraction of sp³-hybridized carbons (Fsp3) is 0.0351.